The summed E-state index contributed by atoms with van der Waals surface area (Å²) in [6.45, 7) is 9.10. The Bertz CT molecular complexity index is 1040. The molecule has 186 valence electrons. The summed E-state index contributed by atoms with van der Waals surface area (Å²) in [5.41, 5.74) is 1.99. The van der Waals surface area contributed by atoms with Crippen molar-refractivity contribution in [1.29, 1.82) is 0 Å². The highest BCUT2D eigenvalue weighted by atomic mass is 35.5. The SMILES string of the molecule is CCN1CCN(c2nc(-c3ccc(N4CC[S+]([O-])CC4)nc3)cc3ccccc23)CC1.Cl.Cl.Cl. The number of nitrogens with zero attached hydrogens (tertiary/aromatic N) is 5. The first kappa shape index (κ1) is 28.8. The van der Waals surface area contributed by atoms with Gasteiger partial charge in [0.1, 0.15) is 23.1 Å². The lowest BCUT2D eigenvalue weighted by Gasteiger charge is -2.35. The Balaban J connectivity index is 0.00000136. The zero-order valence-corrected chi connectivity index (χ0v) is 22.5. The molecule has 0 unspecified atom stereocenters. The van der Waals surface area contributed by atoms with Crippen molar-refractivity contribution in [1.82, 2.24) is 14.9 Å². The van der Waals surface area contributed by atoms with E-state index in [4.69, 9.17) is 9.97 Å². The Labute approximate surface area is 223 Å². The van der Waals surface area contributed by atoms with Crippen LogP contribution in [0.15, 0.2) is 48.7 Å². The number of aromatic nitrogens is 2. The van der Waals surface area contributed by atoms with Crippen molar-refractivity contribution >= 4 is 70.8 Å². The fraction of sp³-hybridized carbons (Fsp3) is 0.417. The normalized spacial score (nSPS) is 17.0. The topological polar surface area (TPSA) is 58.6 Å². The minimum Gasteiger partial charge on any atom is -0.616 e. The van der Waals surface area contributed by atoms with E-state index in [0.717, 1.165) is 80.2 Å². The first-order chi connectivity index (χ1) is 15.2. The van der Waals surface area contributed by atoms with Crippen molar-refractivity contribution in [2.45, 2.75) is 6.92 Å². The highest BCUT2D eigenvalue weighted by molar-refractivity contribution is 7.91. The maximum atomic E-state index is 11.6. The molecule has 1 aromatic carbocycles. The molecule has 0 amide bonds. The number of rotatable bonds is 4. The molecular weight excluding hydrogens is 513 g/mol. The van der Waals surface area contributed by atoms with E-state index in [1.54, 1.807) is 0 Å². The number of pyridine rings is 2. The van der Waals surface area contributed by atoms with Crippen molar-refractivity contribution < 1.29 is 4.55 Å². The fourth-order valence-corrected chi connectivity index (χ4v) is 5.49. The van der Waals surface area contributed by atoms with Crippen molar-refractivity contribution in [3.63, 3.8) is 0 Å². The van der Waals surface area contributed by atoms with Crippen molar-refractivity contribution in [2.24, 2.45) is 0 Å². The predicted octanol–water partition coefficient (Wildman–Crippen LogP) is 4.27. The molecule has 2 fully saturated rings. The minimum atomic E-state index is -0.678. The quantitative estimate of drug-likeness (QED) is 0.457. The van der Waals surface area contributed by atoms with Gasteiger partial charge < -0.3 is 19.3 Å². The number of piperazine rings is 1. The molecule has 3 aromatic rings. The lowest BCUT2D eigenvalue weighted by molar-refractivity contribution is 0.271. The molecule has 0 spiro atoms. The standard InChI is InChI=1S/C24H29N5OS.3ClH/c1-2-27-9-11-29(12-10-27)24-21-6-4-3-5-19(21)17-22(26-24)20-7-8-23(25-18-20)28-13-15-31(30)16-14-28;;;/h3-8,17-18H,2,9-16H2,1H3;3*1H. The van der Waals surface area contributed by atoms with Crippen LogP contribution in [0.25, 0.3) is 22.0 Å². The molecule has 0 radical (unpaired) electrons. The molecule has 2 aliphatic heterocycles. The third kappa shape index (κ3) is 6.20. The third-order valence-electron chi connectivity index (χ3n) is 6.38. The number of fused-ring (bicyclic) bond motifs is 1. The second-order valence-corrected chi connectivity index (χ2v) is 9.91. The van der Waals surface area contributed by atoms with Gasteiger partial charge in [-0.15, -0.1) is 37.2 Å². The van der Waals surface area contributed by atoms with Gasteiger partial charge in [0.25, 0.3) is 0 Å². The van der Waals surface area contributed by atoms with Crippen LogP contribution in [0.5, 0.6) is 0 Å². The van der Waals surface area contributed by atoms with Crippen LogP contribution in [-0.2, 0) is 11.2 Å². The van der Waals surface area contributed by atoms with Gasteiger partial charge in [-0.3, -0.25) is 0 Å². The second kappa shape index (κ2) is 13.0. The molecule has 2 aliphatic rings. The first-order valence-corrected chi connectivity index (χ1v) is 12.6. The Hall–Kier alpha value is -1.48. The van der Waals surface area contributed by atoms with E-state index in [1.807, 2.05) is 6.20 Å². The van der Waals surface area contributed by atoms with E-state index in [9.17, 15) is 4.55 Å². The van der Waals surface area contributed by atoms with Crippen LogP contribution in [0.3, 0.4) is 0 Å². The van der Waals surface area contributed by atoms with Gasteiger partial charge in [0.15, 0.2) is 0 Å². The van der Waals surface area contributed by atoms with Gasteiger partial charge in [0.2, 0.25) is 0 Å². The average Bonchev–Trinajstić information content (AvgIpc) is 2.84. The molecule has 0 aliphatic carbocycles. The largest absolute Gasteiger partial charge is 0.616 e. The maximum absolute atomic E-state index is 11.6. The molecule has 34 heavy (non-hydrogen) atoms. The lowest BCUT2D eigenvalue weighted by atomic mass is 10.1. The summed E-state index contributed by atoms with van der Waals surface area (Å²) < 4.78 is 11.6. The van der Waals surface area contributed by atoms with Gasteiger partial charge in [0.05, 0.1) is 18.8 Å². The number of halogens is 3. The van der Waals surface area contributed by atoms with Gasteiger partial charge in [-0.2, -0.15) is 0 Å². The zero-order chi connectivity index (χ0) is 21.2. The summed E-state index contributed by atoms with van der Waals surface area (Å²) >= 11 is -0.678. The van der Waals surface area contributed by atoms with Gasteiger partial charge in [-0.05, 0) is 30.1 Å². The Morgan fingerprint density at radius 3 is 2.24 bits per heavy atom. The van der Waals surface area contributed by atoms with Crippen LogP contribution in [-0.4, -0.2) is 76.7 Å². The lowest BCUT2D eigenvalue weighted by Crippen LogP contribution is -2.46. The van der Waals surface area contributed by atoms with E-state index in [-0.39, 0.29) is 37.2 Å². The van der Waals surface area contributed by atoms with E-state index < -0.39 is 11.2 Å². The predicted molar refractivity (Wildman–Crippen MR) is 151 cm³/mol. The summed E-state index contributed by atoms with van der Waals surface area (Å²) in [6, 6.07) is 14.9. The van der Waals surface area contributed by atoms with Crippen LogP contribution in [0, 0.1) is 0 Å². The summed E-state index contributed by atoms with van der Waals surface area (Å²) in [7, 11) is 0. The van der Waals surface area contributed by atoms with Crippen LogP contribution in [0.4, 0.5) is 11.6 Å². The first-order valence-electron chi connectivity index (χ1n) is 11.1. The monoisotopic (exact) mass is 543 g/mol. The number of hydrogen-bond acceptors (Lipinski definition) is 6. The minimum absolute atomic E-state index is 0. The summed E-state index contributed by atoms with van der Waals surface area (Å²) in [4.78, 5) is 17.0. The van der Waals surface area contributed by atoms with Gasteiger partial charge in [-0.1, -0.05) is 42.4 Å². The fourth-order valence-electron chi connectivity index (χ4n) is 4.44. The molecule has 10 heteroatoms. The molecule has 0 atom stereocenters. The van der Waals surface area contributed by atoms with Crippen molar-refractivity contribution in [2.75, 3.05) is 67.1 Å². The summed E-state index contributed by atoms with van der Waals surface area (Å²) in [6.07, 6.45) is 1.93. The molecule has 2 aromatic heterocycles. The molecule has 0 bridgehead atoms. The van der Waals surface area contributed by atoms with Gasteiger partial charge >= 0.3 is 0 Å². The zero-order valence-electron chi connectivity index (χ0n) is 19.3. The van der Waals surface area contributed by atoms with E-state index >= 15 is 0 Å². The van der Waals surface area contributed by atoms with Crippen molar-refractivity contribution in [3.8, 4) is 11.3 Å². The van der Waals surface area contributed by atoms with E-state index in [1.165, 1.54) is 10.8 Å². The smallest absolute Gasteiger partial charge is 0.137 e. The number of likely N-dealkylation sites (N-methyl/N-ethyl adjacent to an activating group) is 1. The van der Waals surface area contributed by atoms with Crippen LogP contribution in [0.1, 0.15) is 6.92 Å². The van der Waals surface area contributed by atoms with Crippen molar-refractivity contribution in [3.05, 3.63) is 48.7 Å². The molecule has 0 saturated carbocycles. The highest BCUT2D eigenvalue weighted by Crippen LogP contribution is 2.31. The average molecular weight is 545 g/mol. The number of hydrogen-bond donors (Lipinski definition) is 0. The number of benzene rings is 1. The van der Waals surface area contributed by atoms with E-state index in [0.29, 0.717) is 0 Å². The summed E-state index contributed by atoms with van der Waals surface area (Å²) in [5.74, 6) is 3.48. The maximum Gasteiger partial charge on any atom is 0.137 e. The Kier molecular flexibility index (Phi) is 11.0. The molecule has 5 rings (SSSR count). The Morgan fingerprint density at radius 2 is 1.59 bits per heavy atom. The molecule has 0 N–H and O–H groups in total. The summed E-state index contributed by atoms with van der Waals surface area (Å²) in [5, 5.41) is 2.42. The van der Waals surface area contributed by atoms with Gasteiger partial charge in [-0.25, -0.2) is 9.97 Å². The Morgan fingerprint density at radius 1 is 0.882 bits per heavy atom. The number of anilines is 2. The highest BCUT2D eigenvalue weighted by Gasteiger charge is 2.22. The molecular formula is C24H32Cl3N5OS. The van der Waals surface area contributed by atoms with Crippen LogP contribution >= 0.6 is 37.2 Å². The molecule has 4 heterocycles. The second-order valence-electron chi connectivity index (χ2n) is 8.21. The third-order valence-corrected chi connectivity index (χ3v) is 7.66. The van der Waals surface area contributed by atoms with Gasteiger partial charge in [0, 0.05) is 43.3 Å². The molecule has 6 nitrogen and oxygen atoms in total. The van der Waals surface area contributed by atoms with Crippen LogP contribution < -0.4 is 9.80 Å². The van der Waals surface area contributed by atoms with Crippen LogP contribution in [0.2, 0.25) is 0 Å². The van der Waals surface area contributed by atoms with E-state index in [2.05, 4.69) is 64.1 Å². The molecule has 2 saturated heterocycles.